The highest BCUT2D eigenvalue weighted by Gasteiger charge is 2.30. The Morgan fingerprint density at radius 1 is 1.09 bits per heavy atom. The number of rotatable bonds is 4. The van der Waals surface area contributed by atoms with Crippen LogP contribution in [0.2, 0.25) is 0 Å². The second-order valence-electron chi connectivity index (χ2n) is 7.90. The molecule has 1 aromatic carbocycles. The van der Waals surface area contributed by atoms with E-state index >= 15 is 0 Å². The monoisotopic (exact) mass is 443 g/mol. The third-order valence-corrected chi connectivity index (χ3v) is 5.75. The van der Waals surface area contributed by atoms with E-state index in [-0.39, 0.29) is 11.9 Å². The number of benzene rings is 1. The highest BCUT2D eigenvalue weighted by atomic mass is 19.4. The normalized spacial score (nSPS) is 15.7. The van der Waals surface area contributed by atoms with Gasteiger partial charge in [0, 0.05) is 56.4 Å². The summed E-state index contributed by atoms with van der Waals surface area (Å²) >= 11 is 0. The number of hydrogen-bond acceptors (Lipinski definition) is 5. The van der Waals surface area contributed by atoms with Gasteiger partial charge in [-0.25, -0.2) is 4.98 Å². The lowest BCUT2D eigenvalue weighted by atomic mass is 10.0. The highest BCUT2D eigenvalue weighted by molar-refractivity contribution is 5.92. The van der Waals surface area contributed by atoms with E-state index < -0.39 is 11.7 Å². The lowest BCUT2D eigenvalue weighted by molar-refractivity contribution is -0.137. The Balaban J connectivity index is 1.58. The molecular weight excluding hydrogens is 419 g/mol. The summed E-state index contributed by atoms with van der Waals surface area (Å²) in [6.45, 7) is 6.03. The summed E-state index contributed by atoms with van der Waals surface area (Å²) in [6, 6.07) is 8.74. The first-order valence-electron chi connectivity index (χ1n) is 10.4. The zero-order valence-electron chi connectivity index (χ0n) is 17.9. The molecule has 9 heteroatoms. The van der Waals surface area contributed by atoms with E-state index in [1.165, 1.54) is 12.1 Å². The van der Waals surface area contributed by atoms with E-state index in [4.69, 9.17) is 0 Å². The number of carbonyl (C=O) groups excluding carboxylic acids is 1. The fraction of sp³-hybridized carbons (Fsp3) is 0.348. The van der Waals surface area contributed by atoms with Gasteiger partial charge < -0.3 is 15.1 Å². The molecule has 1 aliphatic rings. The number of nitrogens with zero attached hydrogens (tertiary/aromatic N) is 4. The molecule has 0 radical (unpaired) electrons. The van der Waals surface area contributed by atoms with Gasteiger partial charge >= 0.3 is 6.18 Å². The fourth-order valence-corrected chi connectivity index (χ4v) is 3.89. The molecule has 168 valence electrons. The fourth-order valence-electron chi connectivity index (χ4n) is 3.89. The molecule has 1 aliphatic heterocycles. The maximum absolute atomic E-state index is 13.1. The molecule has 1 fully saturated rings. The van der Waals surface area contributed by atoms with Crippen LogP contribution in [0.4, 0.5) is 24.7 Å². The van der Waals surface area contributed by atoms with Gasteiger partial charge in [0.15, 0.2) is 0 Å². The van der Waals surface area contributed by atoms with Crippen LogP contribution >= 0.6 is 0 Å². The number of nitrogens with one attached hydrogen (secondary N) is 1. The van der Waals surface area contributed by atoms with Gasteiger partial charge in [-0.05, 0) is 36.8 Å². The zero-order chi connectivity index (χ0) is 22.9. The number of pyridine rings is 2. The summed E-state index contributed by atoms with van der Waals surface area (Å²) in [6.07, 6.45) is -1.04. The number of anilines is 2. The summed E-state index contributed by atoms with van der Waals surface area (Å²) in [5, 5.41) is 4.16. The predicted molar refractivity (Wildman–Crippen MR) is 117 cm³/mol. The third kappa shape index (κ3) is 4.61. The van der Waals surface area contributed by atoms with Gasteiger partial charge in [0.25, 0.3) is 0 Å². The van der Waals surface area contributed by atoms with Gasteiger partial charge in [-0.3, -0.25) is 9.78 Å². The molecule has 0 saturated carbocycles. The molecule has 0 spiro atoms. The lowest BCUT2D eigenvalue weighted by Gasteiger charge is -2.35. The van der Waals surface area contributed by atoms with E-state index in [9.17, 15) is 18.0 Å². The van der Waals surface area contributed by atoms with Crippen molar-refractivity contribution in [2.75, 3.05) is 36.4 Å². The molecule has 1 amide bonds. The largest absolute Gasteiger partial charge is 0.416 e. The van der Waals surface area contributed by atoms with Crippen LogP contribution in [0.1, 0.15) is 31.0 Å². The van der Waals surface area contributed by atoms with Gasteiger partial charge in [-0.15, -0.1) is 0 Å². The van der Waals surface area contributed by atoms with E-state index in [0.29, 0.717) is 37.3 Å². The molecule has 1 N–H and O–H groups in total. The van der Waals surface area contributed by atoms with Crippen LogP contribution in [0, 0.1) is 0 Å². The van der Waals surface area contributed by atoms with Gasteiger partial charge in [0.2, 0.25) is 5.91 Å². The predicted octanol–water partition coefficient (Wildman–Crippen LogP) is 4.49. The topological polar surface area (TPSA) is 61.4 Å². The molecule has 4 rings (SSSR count). The summed E-state index contributed by atoms with van der Waals surface area (Å²) < 4.78 is 39.3. The third-order valence-electron chi connectivity index (χ3n) is 5.75. The SMILES string of the molecule is CC(=O)N1CCN(c2cc3c(N[C@H](C)c4cccc(C(F)(F)F)c4)ccnc3cn2)CC1. The number of amides is 1. The van der Waals surface area contributed by atoms with Crippen molar-refractivity contribution in [1.29, 1.82) is 0 Å². The number of aromatic nitrogens is 2. The van der Waals surface area contributed by atoms with Gasteiger partial charge in [0.05, 0.1) is 17.3 Å². The van der Waals surface area contributed by atoms with Gasteiger partial charge in [-0.2, -0.15) is 13.2 Å². The molecule has 0 unspecified atom stereocenters. The van der Waals surface area contributed by atoms with Crippen molar-refractivity contribution < 1.29 is 18.0 Å². The van der Waals surface area contributed by atoms with Crippen molar-refractivity contribution in [2.45, 2.75) is 26.1 Å². The maximum Gasteiger partial charge on any atom is 0.416 e. The summed E-state index contributed by atoms with van der Waals surface area (Å²) in [5.74, 6) is 0.846. The molecule has 1 saturated heterocycles. The maximum atomic E-state index is 13.1. The van der Waals surface area contributed by atoms with E-state index in [1.807, 2.05) is 24.0 Å². The first-order valence-corrected chi connectivity index (χ1v) is 10.4. The van der Waals surface area contributed by atoms with Crippen LogP contribution in [-0.4, -0.2) is 47.0 Å². The number of hydrogen-bond donors (Lipinski definition) is 1. The van der Waals surface area contributed by atoms with Crippen LogP contribution in [0.15, 0.2) is 48.8 Å². The molecule has 3 aromatic rings. The smallest absolute Gasteiger partial charge is 0.378 e. The molecule has 32 heavy (non-hydrogen) atoms. The Hall–Kier alpha value is -3.36. The Bertz CT molecular complexity index is 1130. The minimum absolute atomic E-state index is 0.0652. The van der Waals surface area contributed by atoms with E-state index in [0.717, 1.165) is 23.0 Å². The Morgan fingerprint density at radius 2 is 1.84 bits per heavy atom. The first-order chi connectivity index (χ1) is 15.2. The summed E-state index contributed by atoms with van der Waals surface area (Å²) in [5.41, 5.74) is 1.34. The van der Waals surface area contributed by atoms with Crippen molar-refractivity contribution in [3.8, 4) is 0 Å². The quantitative estimate of drug-likeness (QED) is 0.644. The highest BCUT2D eigenvalue weighted by Crippen LogP contribution is 2.32. The number of halogens is 3. The number of alkyl halides is 3. The lowest BCUT2D eigenvalue weighted by Crippen LogP contribution is -2.48. The first kappa shape index (κ1) is 21.9. The second-order valence-corrected chi connectivity index (χ2v) is 7.90. The van der Waals surface area contributed by atoms with Gasteiger partial charge in [0.1, 0.15) is 5.82 Å². The molecule has 0 bridgehead atoms. The van der Waals surface area contributed by atoms with E-state index in [1.54, 1.807) is 25.4 Å². The molecule has 0 aliphatic carbocycles. The minimum Gasteiger partial charge on any atom is -0.378 e. The molecule has 1 atom stereocenters. The number of piperazine rings is 1. The average Bonchev–Trinajstić information content (AvgIpc) is 2.78. The van der Waals surface area contributed by atoms with Crippen molar-refractivity contribution in [3.63, 3.8) is 0 Å². The minimum atomic E-state index is -4.38. The Morgan fingerprint density at radius 3 is 2.53 bits per heavy atom. The molecular formula is C23H24F3N5O. The van der Waals surface area contributed by atoms with E-state index in [2.05, 4.69) is 20.2 Å². The van der Waals surface area contributed by atoms with Crippen molar-refractivity contribution in [1.82, 2.24) is 14.9 Å². The number of carbonyl (C=O) groups is 1. The van der Waals surface area contributed by atoms with Crippen LogP contribution in [0.5, 0.6) is 0 Å². The average molecular weight is 443 g/mol. The van der Waals surface area contributed by atoms with Crippen LogP contribution in [-0.2, 0) is 11.0 Å². The second kappa shape index (κ2) is 8.64. The summed E-state index contributed by atoms with van der Waals surface area (Å²) in [4.78, 5) is 24.4. The van der Waals surface area contributed by atoms with Crippen LogP contribution in [0.25, 0.3) is 10.9 Å². The van der Waals surface area contributed by atoms with Gasteiger partial charge in [-0.1, -0.05) is 12.1 Å². The molecule has 2 aromatic heterocycles. The number of fused-ring (bicyclic) bond motifs is 1. The molecule has 3 heterocycles. The summed E-state index contributed by atoms with van der Waals surface area (Å²) in [7, 11) is 0. The Labute approximate surface area is 184 Å². The van der Waals surface area contributed by atoms with Crippen molar-refractivity contribution in [3.05, 3.63) is 59.9 Å². The van der Waals surface area contributed by atoms with Crippen molar-refractivity contribution in [2.24, 2.45) is 0 Å². The van der Waals surface area contributed by atoms with Crippen molar-refractivity contribution >= 4 is 28.3 Å². The molecule has 6 nitrogen and oxygen atoms in total. The Kier molecular flexibility index (Phi) is 5.90. The van der Waals surface area contributed by atoms with Crippen LogP contribution < -0.4 is 10.2 Å². The zero-order valence-corrected chi connectivity index (χ0v) is 17.9. The standard InChI is InChI=1S/C23H24F3N5O/c1-15(17-4-3-5-18(12-17)23(24,25)26)29-20-6-7-27-21-14-28-22(13-19(20)21)31-10-8-30(9-11-31)16(2)32/h3-7,12-15H,8-11H2,1-2H3,(H,27,29)/t15-/m1/s1. The van der Waals surface area contributed by atoms with Crippen LogP contribution in [0.3, 0.4) is 0 Å².